The summed E-state index contributed by atoms with van der Waals surface area (Å²) in [5, 5.41) is -0.970. The highest BCUT2D eigenvalue weighted by atomic mass is 31.2. The summed E-state index contributed by atoms with van der Waals surface area (Å²) in [7, 11) is -1.64. The largest absolute Gasteiger partial charge is 0.495 e. The van der Waals surface area contributed by atoms with E-state index in [9.17, 15) is 57.3 Å². The molecule has 0 fully saturated rings. The first-order valence-electron chi connectivity index (χ1n) is 15.0. The van der Waals surface area contributed by atoms with E-state index in [2.05, 4.69) is 0 Å². The minimum absolute atomic E-state index is 0.0437. The van der Waals surface area contributed by atoms with Crippen molar-refractivity contribution in [3.05, 3.63) is 82.9 Å². The second-order valence-electron chi connectivity index (χ2n) is 12.8. The van der Waals surface area contributed by atoms with Crippen LogP contribution in [0.3, 0.4) is 0 Å². The van der Waals surface area contributed by atoms with Gasteiger partial charge in [0.15, 0.2) is 7.14 Å². The molecule has 5 rings (SSSR count). The summed E-state index contributed by atoms with van der Waals surface area (Å²) < 4.78 is 200. The van der Waals surface area contributed by atoms with E-state index in [-0.39, 0.29) is 40.7 Å². The highest BCUT2D eigenvalue weighted by molar-refractivity contribution is 7.73. The molecule has 1 heterocycles. The lowest BCUT2D eigenvalue weighted by Gasteiger charge is -2.29. The van der Waals surface area contributed by atoms with Crippen molar-refractivity contribution < 1.29 is 71.5 Å². The molecule has 0 bridgehead atoms. The first kappa shape index (κ1) is 38.9. The summed E-state index contributed by atoms with van der Waals surface area (Å²) in [5.74, 6) is -0.905. The minimum Gasteiger partial charge on any atom is -0.495 e. The number of fused-ring (bicyclic) bond motifs is 1. The van der Waals surface area contributed by atoms with Gasteiger partial charge in [-0.3, -0.25) is 0 Å². The Hall–Kier alpha value is -4.33. The van der Waals surface area contributed by atoms with E-state index in [4.69, 9.17) is 14.2 Å². The molecule has 0 aromatic heterocycles. The van der Waals surface area contributed by atoms with Gasteiger partial charge in [0.05, 0.1) is 47.3 Å². The summed E-state index contributed by atoms with van der Waals surface area (Å²) in [5.41, 5.74) is -10.3. The Kier molecular flexibility index (Phi) is 9.47. The number of hydrogen-bond donors (Lipinski definition) is 0. The van der Waals surface area contributed by atoms with Gasteiger partial charge in [-0.25, -0.2) is 0 Å². The molecule has 1 unspecified atom stereocenters. The Morgan fingerprint density at radius 3 is 1.29 bits per heavy atom. The van der Waals surface area contributed by atoms with Gasteiger partial charge in [-0.05, 0) is 59.7 Å². The molecule has 0 N–H and O–H groups in total. The van der Waals surface area contributed by atoms with Crippen molar-refractivity contribution in [2.75, 3.05) is 20.6 Å². The van der Waals surface area contributed by atoms with Crippen molar-refractivity contribution in [3.63, 3.8) is 0 Å². The molecule has 0 amide bonds. The molecule has 0 aliphatic carbocycles. The van der Waals surface area contributed by atoms with Crippen LogP contribution in [-0.4, -0.2) is 25.7 Å². The molecule has 52 heavy (non-hydrogen) atoms. The van der Waals surface area contributed by atoms with E-state index in [0.29, 0.717) is 24.3 Å². The average Bonchev–Trinajstić information content (AvgIpc) is 3.39. The van der Waals surface area contributed by atoms with Crippen LogP contribution < -0.4 is 19.5 Å². The van der Waals surface area contributed by atoms with Crippen LogP contribution >= 0.6 is 7.14 Å². The first-order chi connectivity index (χ1) is 23.7. The highest BCUT2D eigenvalue weighted by Gasteiger charge is 2.48. The monoisotopic (exact) mass is 770 g/mol. The molecule has 0 saturated carbocycles. The molecule has 1 aliphatic heterocycles. The maximum atomic E-state index is 14.7. The fraction of sp³-hybridized carbons (Fsp3) is 0.314. The van der Waals surface area contributed by atoms with Gasteiger partial charge in [0.25, 0.3) is 0 Å². The highest BCUT2D eigenvalue weighted by Crippen LogP contribution is 2.64. The second kappa shape index (κ2) is 12.7. The predicted molar refractivity (Wildman–Crippen MR) is 168 cm³/mol. The Morgan fingerprint density at radius 2 is 0.962 bits per heavy atom. The lowest BCUT2D eigenvalue weighted by atomic mass is 9.88. The normalized spacial score (nSPS) is 16.8. The van der Waals surface area contributed by atoms with Gasteiger partial charge >= 0.3 is 24.7 Å². The Balaban J connectivity index is 2.05. The Morgan fingerprint density at radius 1 is 0.577 bits per heavy atom. The number of hydrogen-bond acceptors (Lipinski definition) is 4. The minimum atomic E-state index is -5.33. The summed E-state index contributed by atoms with van der Waals surface area (Å²) in [6.07, 6.45) is -21.7. The van der Waals surface area contributed by atoms with Crippen molar-refractivity contribution >= 4 is 12.4 Å². The fourth-order valence-corrected chi connectivity index (χ4v) is 8.51. The molecule has 4 aromatic rings. The number of benzene rings is 4. The van der Waals surface area contributed by atoms with E-state index < -0.39 is 93.0 Å². The van der Waals surface area contributed by atoms with Crippen LogP contribution in [-0.2, 0) is 29.3 Å². The molecule has 1 atom stereocenters. The summed E-state index contributed by atoms with van der Waals surface area (Å²) in [4.78, 5) is 0. The number of halogens is 12. The maximum absolute atomic E-state index is 14.7. The third-order valence-electron chi connectivity index (χ3n) is 8.55. The van der Waals surface area contributed by atoms with Gasteiger partial charge in [-0.15, -0.1) is 0 Å². The van der Waals surface area contributed by atoms with Gasteiger partial charge in [0, 0.05) is 21.8 Å². The van der Waals surface area contributed by atoms with Gasteiger partial charge in [0.2, 0.25) is 0 Å². The number of rotatable bonds is 5. The van der Waals surface area contributed by atoms with Crippen LogP contribution in [0, 0.1) is 0 Å². The fourth-order valence-electron chi connectivity index (χ4n) is 5.93. The zero-order chi connectivity index (χ0) is 39.0. The molecule has 4 aromatic carbocycles. The molecular weight excluding hydrogens is 743 g/mol. The molecule has 17 heteroatoms. The van der Waals surface area contributed by atoms with Crippen LogP contribution in [0.25, 0.3) is 33.4 Å². The summed E-state index contributed by atoms with van der Waals surface area (Å²) in [6.45, 7) is 4.88. The average molecular weight is 771 g/mol. The van der Waals surface area contributed by atoms with Gasteiger partial charge in [-0.2, -0.15) is 52.7 Å². The van der Waals surface area contributed by atoms with Crippen molar-refractivity contribution in [2.45, 2.75) is 50.6 Å². The van der Waals surface area contributed by atoms with Crippen LogP contribution in [0.1, 0.15) is 43.0 Å². The van der Waals surface area contributed by atoms with E-state index in [0.717, 1.165) is 20.3 Å². The topological polar surface area (TPSA) is 44.8 Å². The van der Waals surface area contributed by atoms with E-state index >= 15 is 0 Å². The molecule has 0 saturated heterocycles. The van der Waals surface area contributed by atoms with Crippen molar-refractivity contribution in [3.8, 4) is 50.6 Å². The van der Waals surface area contributed by atoms with Crippen LogP contribution in [0.4, 0.5) is 52.7 Å². The van der Waals surface area contributed by atoms with Crippen molar-refractivity contribution in [1.29, 1.82) is 0 Å². The van der Waals surface area contributed by atoms with E-state index in [1.807, 2.05) is 0 Å². The second-order valence-corrected chi connectivity index (χ2v) is 16.4. The Bertz CT molecular complexity index is 1920. The maximum Gasteiger partial charge on any atom is 0.416 e. The first-order valence-corrected chi connectivity index (χ1v) is 16.9. The van der Waals surface area contributed by atoms with Gasteiger partial charge in [-0.1, -0.05) is 32.9 Å². The van der Waals surface area contributed by atoms with Crippen molar-refractivity contribution in [1.82, 2.24) is 0 Å². The summed E-state index contributed by atoms with van der Waals surface area (Å²) >= 11 is 0. The lowest BCUT2D eigenvalue weighted by Crippen LogP contribution is -2.23. The van der Waals surface area contributed by atoms with Crippen molar-refractivity contribution in [2.24, 2.45) is 0 Å². The smallest absolute Gasteiger partial charge is 0.416 e. The van der Waals surface area contributed by atoms with Crippen LogP contribution in [0.15, 0.2) is 60.7 Å². The third-order valence-corrected chi connectivity index (χ3v) is 12.4. The molecule has 1 aliphatic rings. The third kappa shape index (κ3) is 6.93. The van der Waals surface area contributed by atoms with Crippen LogP contribution in [0.2, 0.25) is 0 Å². The lowest BCUT2D eigenvalue weighted by molar-refractivity contribution is -0.144. The van der Waals surface area contributed by atoms with Gasteiger partial charge < -0.3 is 18.8 Å². The van der Waals surface area contributed by atoms with Crippen LogP contribution in [0.5, 0.6) is 17.2 Å². The molecule has 0 spiro atoms. The molecule has 0 radical (unpaired) electrons. The zero-order valence-electron chi connectivity index (χ0n) is 27.6. The Labute approximate surface area is 288 Å². The molecule has 280 valence electrons. The number of methoxy groups -OCH3 is 2. The molecular formula is C35H27F12O4P. The number of alkyl halides is 12. The van der Waals surface area contributed by atoms with E-state index in [1.54, 1.807) is 20.8 Å². The van der Waals surface area contributed by atoms with Gasteiger partial charge in [0.1, 0.15) is 23.6 Å². The number of ether oxygens (including phenoxy) is 3. The van der Waals surface area contributed by atoms with E-state index in [1.165, 1.54) is 18.2 Å². The quantitative estimate of drug-likeness (QED) is 0.150. The SMILES string of the molecule is COc1c(-c2cc(C(F)(F)F)cc(C(F)(F)F)c2)cc(-c2cc(C(F)(F)F)cc(C(F)(F)F)c2)c(OC)c1-c1cccc2c1P(=O)(C(C)(C)C)CO2. The summed E-state index contributed by atoms with van der Waals surface area (Å²) in [6, 6.07) is 6.01. The molecule has 4 nitrogen and oxygen atoms in total. The predicted octanol–water partition coefficient (Wildman–Crippen LogP) is 11.9. The standard InChI is InChI=1S/C35H27F12O4P/c1-31(2,3)52(48)16-51-26-8-6-7-23(30(26)52)27-28(49-4)24(17-9-19(32(36,37)38)13-20(10-17)33(39,40)41)15-25(29(27)50-5)18-11-21(34(42,43)44)14-22(12-18)35(45,46)47/h6-15H,16H2,1-5H3. The zero-order valence-corrected chi connectivity index (χ0v) is 28.5.